The van der Waals surface area contributed by atoms with Crippen LogP contribution in [-0.2, 0) is 32.7 Å². The van der Waals surface area contributed by atoms with Crippen LogP contribution in [0.5, 0.6) is 0 Å². The van der Waals surface area contributed by atoms with Gasteiger partial charge in [0.25, 0.3) is 0 Å². The van der Waals surface area contributed by atoms with Gasteiger partial charge in [0.15, 0.2) is 6.10 Å². The van der Waals surface area contributed by atoms with Crippen LogP contribution in [0.4, 0.5) is 0 Å². The van der Waals surface area contributed by atoms with Gasteiger partial charge in [-0.15, -0.1) is 0 Å². The Labute approximate surface area is 349 Å². The average Bonchev–Trinajstić information content (AvgIpc) is 3.20. The molecule has 0 heterocycles. The fourth-order valence-corrected chi connectivity index (χ4v) is 6.02. The molecule has 0 bridgehead atoms. The van der Waals surface area contributed by atoms with Crippen molar-refractivity contribution in [1.82, 2.24) is 0 Å². The van der Waals surface area contributed by atoms with E-state index in [4.69, 9.17) is 24.3 Å². The number of aliphatic hydroxyl groups is 3. The lowest BCUT2D eigenvalue weighted by molar-refractivity contribution is -0.161. The fourth-order valence-electron chi connectivity index (χ4n) is 5.26. The van der Waals surface area contributed by atoms with Gasteiger partial charge in [0, 0.05) is 19.4 Å². The molecule has 0 aromatic heterocycles. The van der Waals surface area contributed by atoms with Crippen LogP contribution in [0.3, 0.4) is 0 Å². The molecule has 13 heteroatoms. The van der Waals surface area contributed by atoms with Gasteiger partial charge in [-0.3, -0.25) is 18.6 Å². The van der Waals surface area contributed by atoms with Gasteiger partial charge in [-0.1, -0.05) is 144 Å². The predicted octanol–water partition coefficient (Wildman–Crippen LogP) is 8.96. The first-order valence-corrected chi connectivity index (χ1v) is 22.9. The number of rotatable bonds is 38. The molecule has 0 fully saturated rings. The zero-order valence-electron chi connectivity index (χ0n) is 35.3. The molecule has 332 valence electrons. The van der Waals surface area contributed by atoms with Crippen molar-refractivity contribution >= 4 is 19.8 Å². The molecule has 6 N–H and O–H groups in total. The van der Waals surface area contributed by atoms with Crippen LogP contribution in [0.15, 0.2) is 85.1 Å². The number of unbranched alkanes of at least 4 members (excludes halogenated alkanes) is 9. The second-order valence-corrected chi connectivity index (χ2v) is 15.5. The first-order chi connectivity index (χ1) is 28.0. The number of carbonyl (C=O) groups excluding carboxylic acids is 2. The third-order valence-corrected chi connectivity index (χ3v) is 9.60. The summed E-state index contributed by atoms with van der Waals surface area (Å²) in [5, 5.41) is 30.5. The minimum atomic E-state index is -4.49. The number of phosphoric ester groups is 1. The molecule has 0 spiro atoms. The van der Waals surface area contributed by atoms with E-state index in [1.54, 1.807) is 42.5 Å². The molecule has 1 unspecified atom stereocenters. The Balaban J connectivity index is 4.56. The van der Waals surface area contributed by atoms with Crippen LogP contribution in [0.2, 0.25) is 0 Å². The van der Waals surface area contributed by atoms with Gasteiger partial charge < -0.3 is 35.4 Å². The van der Waals surface area contributed by atoms with Crippen LogP contribution >= 0.6 is 7.82 Å². The summed E-state index contributed by atoms with van der Waals surface area (Å²) in [5.74, 6) is -1.19. The molecule has 12 nitrogen and oxygen atoms in total. The Hall–Kier alpha value is -2.93. The van der Waals surface area contributed by atoms with E-state index in [0.29, 0.717) is 6.42 Å². The molecule has 0 saturated carbocycles. The number of aliphatic hydroxyl groups excluding tert-OH is 3. The second kappa shape index (κ2) is 39.5. The lowest BCUT2D eigenvalue weighted by Gasteiger charge is -2.20. The minimum Gasteiger partial charge on any atom is -0.462 e. The third-order valence-electron chi connectivity index (χ3n) is 8.62. The Kier molecular flexibility index (Phi) is 37.5. The molecule has 5 atom stereocenters. The first-order valence-electron chi connectivity index (χ1n) is 21.4. The number of allylic oxidation sites excluding steroid dienone is 12. The van der Waals surface area contributed by atoms with Gasteiger partial charge >= 0.3 is 19.8 Å². The number of hydrogen-bond donors (Lipinski definition) is 5. The molecule has 0 aliphatic carbocycles. The summed E-state index contributed by atoms with van der Waals surface area (Å²) in [5.41, 5.74) is 5.32. The topological polar surface area (TPSA) is 195 Å². The zero-order chi connectivity index (χ0) is 43.0. The van der Waals surface area contributed by atoms with Crippen molar-refractivity contribution in [2.24, 2.45) is 5.73 Å². The summed E-state index contributed by atoms with van der Waals surface area (Å²) in [4.78, 5) is 34.9. The highest BCUT2D eigenvalue weighted by Crippen LogP contribution is 2.43. The summed E-state index contributed by atoms with van der Waals surface area (Å²) >= 11 is 0. The van der Waals surface area contributed by atoms with Gasteiger partial charge in [0.05, 0.1) is 31.5 Å². The van der Waals surface area contributed by atoms with E-state index < -0.39 is 50.8 Å². The summed E-state index contributed by atoms with van der Waals surface area (Å²) < 4.78 is 32.5. The van der Waals surface area contributed by atoms with Crippen molar-refractivity contribution in [2.45, 2.75) is 160 Å². The maximum atomic E-state index is 12.6. The van der Waals surface area contributed by atoms with Crippen molar-refractivity contribution in [3.63, 3.8) is 0 Å². The van der Waals surface area contributed by atoms with Crippen LogP contribution in [-0.4, -0.2) is 82.9 Å². The SMILES string of the molecule is CCCCC/C=C\C/C=C\C/C=C\CCCCCCC(=O)OC[C@H](COP(=O)(O)OCCN)OC(=O)CCC[C@H](O)[C@@H](O)/C=C/C=C/C=C\C=C\[C@@H](O)CCCCC. The van der Waals surface area contributed by atoms with E-state index in [1.807, 2.05) is 0 Å². The van der Waals surface area contributed by atoms with Crippen LogP contribution in [0.1, 0.15) is 136 Å². The number of ether oxygens (including phenoxy) is 2. The zero-order valence-corrected chi connectivity index (χ0v) is 36.2. The average molecular weight is 838 g/mol. The second-order valence-electron chi connectivity index (χ2n) is 14.1. The van der Waals surface area contributed by atoms with E-state index in [0.717, 1.165) is 70.6 Å². The molecule has 0 aromatic rings. The summed E-state index contributed by atoms with van der Waals surface area (Å²) in [6.07, 6.45) is 38.3. The molecular weight excluding hydrogens is 761 g/mol. The molecule has 0 saturated heterocycles. The van der Waals surface area contributed by atoms with Gasteiger partial charge in [0.1, 0.15) is 6.61 Å². The van der Waals surface area contributed by atoms with E-state index in [-0.39, 0.29) is 45.4 Å². The predicted molar refractivity (Wildman–Crippen MR) is 233 cm³/mol. The Morgan fingerprint density at radius 1 is 0.638 bits per heavy atom. The van der Waals surface area contributed by atoms with Crippen molar-refractivity contribution in [1.29, 1.82) is 0 Å². The Morgan fingerprint density at radius 2 is 1.21 bits per heavy atom. The molecule has 0 radical (unpaired) electrons. The van der Waals surface area contributed by atoms with Crippen molar-refractivity contribution in [3.8, 4) is 0 Å². The monoisotopic (exact) mass is 838 g/mol. The Morgan fingerprint density at radius 3 is 1.86 bits per heavy atom. The molecule has 58 heavy (non-hydrogen) atoms. The summed E-state index contributed by atoms with van der Waals surface area (Å²) in [7, 11) is -4.49. The standard InChI is InChI=1S/C45H76NO11P/c1-3-5-7-8-9-10-11-12-13-14-15-16-17-18-19-24-28-34-44(50)54-38-41(39-56-58(52,53)55-37-36-46)57-45(51)35-29-33-43(49)42(48)32-27-23-21-20-22-26-31-40(47)30-25-6-4-2/h9-10,12-13,15-16,20-23,26-27,31-32,40-43,47-49H,3-8,11,14,17-19,24-25,28-30,33-39,46H2,1-2H3,(H,52,53)/b10-9-,13-12-,16-15-,22-20-,23-21+,31-26+,32-27+/t40-,41+,42-,43-/m0/s1. The fraction of sp³-hybridized carbons (Fsp3) is 0.644. The smallest absolute Gasteiger partial charge is 0.462 e. The van der Waals surface area contributed by atoms with E-state index >= 15 is 0 Å². The van der Waals surface area contributed by atoms with Gasteiger partial charge in [0.2, 0.25) is 0 Å². The lowest BCUT2D eigenvalue weighted by atomic mass is 10.1. The molecule has 0 aliphatic heterocycles. The number of nitrogens with two attached hydrogens (primary N) is 1. The summed E-state index contributed by atoms with van der Waals surface area (Å²) in [6, 6.07) is 0. The van der Waals surface area contributed by atoms with Gasteiger partial charge in [-0.25, -0.2) is 4.57 Å². The molecule has 0 aliphatic rings. The van der Waals surface area contributed by atoms with Gasteiger partial charge in [-0.05, 0) is 64.2 Å². The molecule has 0 aromatic carbocycles. The maximum absolute atomic E-state index is 12.6. The number of carbonyl (C=O) groups is 2. The number of esters is 2. The summed E-state index contributed by atoms with van der Waals surface area (Å²) in [6.45, 7) is 3.14. The molecular formula is C45H76NO11P. The van der Waals surface area contributed by atoms with E-state index in [2.05, 4.69) is 50.3 Å². The lowest BCUT2D eigenvalue weighted by Crippen LogP contribution is -2.30. The van der Waals surface area contributed by atoms with Crippen LogP contribution in [0, 0.1) is 0 Å². The van der Waals surface area contributed by atoms with Crippen molar-refractivity contribution in [2.75, 3.05) is 26.4 Å². The third kappa shape index (κ3) is 37.3. The van der Waals surface area contributed by atoms with Gasteiger partial charge in [-0.2, -0.15) is 0 Å². The van der Waals surface area contributed by atoms with Crippen molar-refractivity contribution in [3.05, 3.63) is 85.1 Å². The highest BCUT2D eigenvalue weighted by molar-refractivity contribution is 7.47. The van der Waals surface area contributed by atoms with E-state index in [1.165, 1.54) is 25.3 Å². The quantitative estimate of drug-likeness (QED) is 0.0130. The van der Waals surface area contributed by atoms with Crippen LogP contribution in [0.25, 0.3) is 0 Å². The molecule has 0 amide bonds. The minimum absolute atomic E-state index is 0.0101. The maximum Gasteiger partial charge on any atom is 0.472 e. The largest absolute Gasteiger partial charge is 0.472 e. The van der Waals surface area contributed by atoms with E-state index in [9.17, 15) is 34.4 Å². The van der Waals surface area contributed by atoms with Crippen molar-refractivity contribution < 1.29 is 52.9 Å². The molecule has 0 rings (SSSR count). The number of hydrogen-bond acceptors (Lipinski definition) is 11. The highest BCUT2D eigenvalue weighted by Gasteiger charge is 2.26. The number of phosphoric acid groups is 1. The highest BCUT2D eigenvalue weighted by atomic mass is 31.2. The van der Waals surface area contributed by atoms with Crippen LogP contribution < -0.4 is 5.73 Å². The normalized spacial score (nSPS) is 15.8. The first kappa shape index (κ1) is 55.1. The Bertz CT molecular complexity index is 1280.